The Balaban J connectivity index is 1.29. The molecule has 1 amide bonds. The maximum atomic E-state index is 13.6. The minimum absolute atomic E-state index is 0.0892. The number of benzene rings is 2. The highest BCUT2D eigenvalue weighted by Gasteiger charge is 2.27. The molecule has 0 unspecified atom stereocenters. The molecule has 0 spiro atoms. The monoisotopic (exact) mass is 457 g/mol. The predicted octanol–water partition coefficient (Wildman–Crippen LogP) is 3.12. The molecule has 2 aliphatic carbocycles. The maximum absolute atomic E-state index is 13.6. The summed E-state index contributed by atoms with van der Waals surface area (Å²) in [6.07, 6.45) is 6.42. The molecule has 0 radical (unpaired) electrons. The zero-order valence-electron chi connectivity index (χ0n) is 19.7. The highest BCUT2D eigenvalue weighted by molar-refractivity contribution is 5.95. The number of aryl methyl sites for hydroxylation is 1. The lowest BCUT2D eigenvalue weighted by Gasteiger charge is -2.36. The van der Waals surface area contributed by atoms with Crippen molar-refractivity contribution in [2.24, 2.45) is 5.92 Å². The van der Waals surface area contributed by atoms with E-state index in [0.29, 0.717) is 22.2 Å². The number of carbonyl (C=O) groups is 1. The van der Waals surface area contributed by atoms with Crippen LogP contribution in [0.15, 0.2) is 47.5 Å². The number of nitrogens with zero attached hydrogens (tertiary/aromatic N) is 4. The number of hydrogen-bond donors (Lipinski definition) is 1. The van der Waals surface area contributed by atoms with Gasteiger partial charge in [0.25, 0.3) is 11.5 Å². The van der Waals surface area contributed by atoms with Gasteiger partial charge in [-0.25, -0.2) is 4.98 Å². The standard InChI is InChI=1S/C27H31N5O2/c1-18-2-5-20(26(33)29-21-6-7-21)14-25(18)32-17-28-24-9-8-22(15-23(24)27(32)34)31-12-10-30(11-13-31)16-19-3-4-19/h2,5,8-9,14-15,17,19,21H,3-4,6-7,10-13,16H2,1H3,(H,29,33). The Morgan fingerprint density at radius 2 is 1.82 bits per heavy atom. The molecular weight excluding hydrogens is 426 g/mol. The molecule has 2 saturated carbocycles. The number of piperazine rings is 1. The Bertz CT molecular complexity index is 1300. The lowest BCUT2D eigenvalue weighted by atomic mass is 10.1. The van der Waals surface area contributed by atoms with E-state index in [4.69, 9.17) is 0 Å². The SMILES string of the molecule is Cc1ccc(C(=O)NC2CC2)cc1-n1cnc2ccc(N3CCN(CC4CC4)CC3)cc2c1=O. The van der Waals surface area contributed by atoms with Crippen LogP contribution in [0.4, 0.5) is 5.69 Å². The van der Waals surface area contributed by atoms with Crippen LogP contribution in [0, 0.1) is 12.8 Å². The van der Waals surface area contributed by atoms with Crippen LogP contribution in [0.5, 0.6) is 0 Å². The van der Waals surface area contributed by atoms with Crippen LogP contribution in [0.2, 0.25) is 0 Å². The molecule has 1 aromatic heterocycles. The number of anilines is 1. The zero-order chi connectivity index (χ0) is 23.2. The predicted molar refractivity (Wildman–Crippen MR) is 134 cm³/mol. The summed E-state index contributed by atoms with van der Waals surface area (Å²) in [5.74, 6) is 0.826. The van der Waals surface area contributed by atoms with Crippen LogP contribution in [0.1, 0.15) is 41.6 Å². The third-order valence-corrected chi connectivity index (χ3v) is 7.34. The fraction of sp³-hybridized carbons (Fsp3) is 0.444. The molecule has 3 fully saturated rings. The number of nitrogens with one attached hydrogen (secondary N) is 1. The van der Waals surface area contributed by atoms with E-state index in [1.54, 1.807) is 17.0 Å². The van der Waals surface area contributed by atoms with Gasteiger partial charge in [-0.1, -0.05) is 6.07 Å². The first-order chi connectivity index (χ1) is 16.5. The zero-order valence-corrected chi connectivity index (χ0v) is 19.7. The van der Waals surface area contributed by atoms with Crippen LogP contribution in [-0.2, 0) is 0 Å². The largest absolute Gasteiger partial charge is 0.369 e. The minimum Gasteiger partial charge on any atom is -0.369 e. The van der Waals surface area contributed by atoms with Crippen molar-refractivity contribution in [3.8, 4) is 5.69 Å². The summed E-state index contributed by atoms with van der Waals surface area (Å²) in [7, 11) is 0. The second kappa shape index (κ2) is 8.55. The van der Waals surface area contributed by atoms with E-state index in [1.165, 1.54) is 19.4 Å². The van der Waals surface area contributed by atoms with Crippen molar-refractivity contribution >= 4 is 22.5 Å². The highest BCUT2D eigenvalue weighted by atomic mass is 16.1. The van der Waals surface area contributed by atoms with Gasteiger partial charge in [-0.05, 0) is 74.4 Å². The number of fused-ring (bicyclic) bond motifs is 1. The van der Waals surface area contributed by atoms with Crippen molar-refractivity contribution in [3.63, 3.8) is 0 Å². The Kier molecular flexibility index (Phi) is 5.37. The number of rotatable bonds is 6. The van der Waals surface area contributed by atoms with Crippen LogP contribution < -0.4 is 15.8 Å². The Morgan fingerprint density at radius 3 is 2.56 bits per heavy atom. The third-order valence-electron chi connectivity index (χ3n) is 7.34. The van der Waals surface area contributed by atoms with E-state index in [0.717, 1.165) is 56.2 Å². The molecule has 7 nitrogen and oxygen atoms in total. The summed E-state index contributed by atoms with van der Waals surface area (Å²) >= 11 is 0. The van der Waals surface area contributed by atoms with Crippen molar-refractivity contribution in [1.82, 2.24) is 19.8 Å². The van der Waals surface area contributed by atoms with Crippen molar-refractivity contribution in [3.05, 3.63) is 64.2 Å². The Morgan fingerprint density at radius 1 is 1.03 bits per heavy atom. The fourth-order valence-corrected chi connectivity index (χ4v) is 4.84. The maximum Gasteiger partial charge on any atom is 0.265 e. The Hall–Kier alpha value is -3.19. The molecule has 6 rings (SSSR count). The van der Waals surface area contributed by atoms with E-state index < -0.39 is 0 Å². The summed E-state index contributed by atoms with van der Waals surface area (Å²) in [5.41, 5.74) is 3.85. The molecule has 0 bridgehead atoms. The average molecular weight is 458 g/mol. The molecule has 2 aromatic carbocycles. The molecule has 176 valence electrons. The van der Waals surface area contributed by atoms with Gasteiger partial charge in [-0.2, -0.15) is 0 Å². The summed E-state index contributed by atoms with van der Waals surface area (Å²) in [5, 5.41) is 3.63. The van der Waals surface area contributed by atoms with Crippen molar-refractivity contribution in [1.29, 1.82) is 0 Å². The van der Waals surface area contributed by atoms with Crippen LogP contribution in [0.25, 0.3) is 16.6 Å². The minimum atomic E-state index is -0.109. The number of amides is 1. The fourth-order valence-electron chi connectivity index (χ4n) is 4.84. The second-order valence-electron chi connectivity index (χ2n) is 10.1. The van der Waals surface area contributed by atoms with E-state index in [1.807, 2.05) is 31.2 Å². The van der Waals surface area contributed by atoms with Crippen molar-refractivity contribution < 1.29 is 4.79 Å². The Labute approximate surface area is 199 Å². The van der Waals surface area contributed by atoms with Crippen LogP contribution >= 0.6 is 0 Å². The van der Waals surface area contributed by atoms with E-state index in [2.05, 4.69) is 26.2 Å². The second-order valence-corrected chi connectivity index (χ2v) is 10.1. The quantitative estimate of drug-likeness (QED) is 0.616. The molecule has 2 heterocycles. The van der Waals surface area contributed by atoms with E-state index >= 15 is 0 Å². The summed E-state index contributed by atoms with van der Waals surface area (Å²) < 4.78 is 1.57. The van der Waals surface area contributed by atoms with E-state index in [9.17, 15) is 9.59 Å². The third kappa shape index (κ3) is 4.32. The van der Waals surface area contributed by atoms with Gasteiger partial charge >= 0.3 is 0 Å². The van der Waals surface area contributed by atoms with Gasteiger partial charge in [-0.15, -0.1) is 0 Å². The number of hydrogen-bond acceptors (Lipinski definition) is 5. The lowest BCUT2D eigenvalue weighted by molar-refractivity contribution is 0.0951. The first-order valence-electron chi connectivity index (χ1n) is 12.5. The van der Waals surface area contributed by atoms with Crippen molar-refractivity contribution in [2.45, 2.75) is 38.6 Å². The molecule has 1 saturated heterocycles. The van der Waals surface area contributed by atoms with Crippen LogP contribution in [0.3, 0.4) is 0 Å². The first kappa shape index (κ1) is 21.4. The summed E-state index contributed by atoms with van der Waals surface area (Å²) in [4.78, 5) is 35.6. The molecule has 34 heavy (non-hydrogen) atoms. The summed E-state index contributed by atoms with van der Waals surface area (Å²) in [6, 6.07) is 11.8. The highest BCUT2D eigenvalue weighted by Crippen LogP contribution is 2.30. The summed E-state index contributed by atoms with van der Waals surface area (Å²) in [6.45, 7) is 7.28. The first-order valence-corrected chi connectivity index (χ1v) is 12.5. The lowest BCUT2D eigenvalue weighted by Crippen LogP contribution is -2.47. The van der Waals surface area contributed by atoms with Gasteiger partial charge in [0.15, 0.2) is 0 Å². The van der Waals surface area contributed by atoms with E-state index in [-0.39, 0.29) is 17.5 Å². The normalized spacial score (nSPS) is 18.9. The van der Waals surface area contributed by atoms with Gasteiger partial charge in [0.2, 0.25) is 0 Å². The molecule has 0 atom stereocenters. The number of carbonyl (C=O) groups excluding carboxylic acids is 1. The molecule has 7 heteroatoms. The van der Waals surface area contributed by atoms with Crippen molar-refractivity contribution in [2.75, 3.05) is 37.6 Å². The van der Waals surface area contributed by atoms with Gasteiger partial charge in [0.05, 0.1) is 16.6 Å². The molecule has 1 N–H and O–H groups in total. The smallest absolute Gasteiger partial charge is 0.265 e. The molecule has 3 aliphatic rings. The van der Waals surface area contributed by atoms with Crippen LogP contribution in [-0.4, -0.2) is 59.1 Å². The van der Waals surface area contributed by atoms with Gasteiger partial charge in [0, 0.05) is 50.0 Å². The van der Waals surface area contributed by atoms with Gasteiger partial charge in [0.1, 0.15) is 6.33 Å². The molecule has 3 aromatic rings. The topological polar surface area (TPSA) is 70.5 Å². The molecular formula is C27H31N5O2. The van der Waals surface area contributed by atoms with Gasteiger partial charge in [-0.3, -0.25) is 19.1 Å². The van der Waals surface area contributed by atoms with Gasteiger partial charge < -0.3 is 10.2 Å². The molecule has 1 aliphatic heterocycles. The number of aromatic nitrogens is 2. The average Bonchev–Trinajstić information content (AvgIpc) is 3.78.